The molecular weight excluding hydrogens is 628 g/mol. The van der Waals surface area contributed by atoms with Crippen LogP contribution < -0.4 is 10.6 Å². The lowest BCUT2D eigenvalue weighted by atomic mass is 9.93. The van der Waals surface area contributed by atoms with Gasteiger partial charge in [0.25, 0.3) is 0 Å². The first-order valence-corrected chi connectivity index (χ1v) is 17.4. The smallest absolute Gasteiger partial charge is 0.228 e. The van der Waals surface area contributed by atoms with Crippen molar-refractivity contribution in [2.24, 2.45) is 11.8 Å². The van der Waals surface area contributed by atoms with Gasteiger partial charge in [-0.25, -0.2) is 9.97 Å². The number of benzene rings is 2. The molecule has 6 rings (SSSR count). The summed E-state index contributed by atoms with van der Waals surface area (Å²) in [7, 11) is 0. The summed E-state index contributed by atoms with van der Waals surface area (Å²) >= 11 is 0. The average molecular weight is 677 g/mol. The van der Waals surface area contributed by atoms with Crippen molar-refractivity contribution in [3.63, 3.8) is 0 Å². The summed E-state index contributed by atoms with van der Waals surface area (Å²) in [5, 5.41) is 25.7. The number of hydrogen-bond donors (Lipinski definition) is 4. The number of aliphatic hydroxyl groups excluding tert-OH is 1. The molecule has 4 heterocycles. The van der Waals surface area contributed by atoms with Gasteiger partial charge < -0.3 is 20.8 Å². The number of amides is 2. The molecule has 2 aromatic carbocycles. The Kier molecular flexibility index (Phi) is 13.6. The van der Waals surface area contributed by atoms with Crippen LogP contribution >= 0.6 is 0 Å². The van der Waals surface area contributed by atoms with Crippen LogP contribution in [0.5, 0.6) is 5.75 Å². The van der Waals surface area contributed by atoms with E-state index in [1.54, 1.807) is 42.7 Å². The van der Waals surface area contributed by atoms with E-state index in [0.29, 0.717) is 11.6 Å². The Labute approximate surface area is 294 Å². The molecular formula is C40H48N6O4. The number of phenols is 1. The second kappa shape index (κ2) is 18.7. The van der Waals surface area contributed by atoms with Gasteiger partial charge in [-0.05, 0) is 106 Å². The minimum absolute atomic E-state index is 0.00934. The van der Waals surface area contributed by atoms with Crippen LogP contribution in [0.2, 0.25) is 0 Å². The zero-order valence-electron chi connectivity index (χ0n) is 28.6. The minimum Gasteiger partial charge on any atom is -0.508 e. The summed E-state index contributed by atoms with van der Waals surface area (Å²) < 4.78 is 0. The molecule has 50 heavy (non-hydrogen) atoms. The summed E-state index contributed by atoms with van der Waals surface area (Å²) in [6.07, 6.45) is 10.4. The van der Waals surface area contributed by atoms with Crippen molar-refractivity contribution in [1.82, 2.24) is 19.8 Å². The van der Waals surface area contributed by atoms with E-state index in [9.17, 15) is 19.8 Å². The fourth-order valence-corrected chi connectivity index (χ4v) is 6.33. The Balaban J connectivity index is 0.000000195. The number of carbonyl (C=O) groups is 2. The number of likely N-dealkylation sites (tertiary alicyclic amines) is 2. The Hall–Kier alpha value is -4.90. The van der Waals surface area contributed by atoms with Crippen molar-refractivity contribution in [2.45, 2.75) is 44.8 Å². The predicted octanol–water partition coefficient (Wildman–Crippen LogP) is 6.01. The summed E-state index contributed by atoms with van der Waals surface area (Å²) in [4.78, 5) is 37.6. The second-order valence-corrected chi connectivity index (χ2v) is 12.9. The summed E-state index contributed by atoms with van der Waals surface area (Å²) in [5.74, 6) is 1.55. The van der Waals surface area contributed by atoms with E-state index >= 15 is 0 Å². The van der Waals surface area contributed by atoms with Gasteiger partial charge in [-0.2, -0.15) is 0 Å². The number of carbonyl (C=O) groups excluding carboxylic acids is 2. The fraction of sp³-hybridized carbons (Fsp3) is 0.350. The Morgan fingerprint density at radius 2 is 1.28 bits per heavy atom. The highest BCUT2D eigenvalue weighted by Gasteiger charge is 2.30. The van der Waals surface area contributed by atoms with Crippen LogP contribution in [0.25, 0.3) is 6.08 Å². The number of anilines is 2. The van der Waals surface area contributed by atoms with E-state index in [1.165, 1.54) is 5.56 Å². The number of rotatable bonds is 10. The van der Waals surface area contributed by atoms with Crippen molar-refractivity contribution in [3.8, 4) is 5.75 Å². The van der Waals surface area contributed by atoms with Gasteiger partial charge in [-0.15, -0.1) is 0 Å². The molecule has 2 aliphatic heterocycles. The molecule has 4 N–H and O–H groups in total. The first kappa shape index (κ1) is 36.4. The standard InChI is InChI=1S/C20H25N3O3.C20H23N3O/c1-14(19(25)15-5-7-17(24)8-6-15)23-12-9-16(10-13-23)20(26)22-18-4-2-3-11-21-18;24-20(22-19-10-4-5-13-21-19)18-11-15-23(16-12-18)14-6-9-17-7-2-1-3-8-17/h2-8,11,14,16,19,24-25H,9-10,12-13H2,1H3,(H,21,22,26);1-10,13,18H,11-12,14-16H2,(H,21,22,24)/b;9-6+. The Bertz CT molecular complexity index is 1620. The SMILES string of the molecule is CC(C(O)c1ccc(O)cc1)N1CCC(C(=O)Nc2ccccn2)CC1.O=C(Nc1ccccn1)C1CCN(C/C=C/c2ccccc2)CC1. The highest BCUT2D eigenvalue weighted by atomic mass is 16.3. The van der Waals surface area contributed by atoms with Crippen LogP contribution in [0, 0.1) is 11.8 Å². The molecule has 2 unspecified atom stereocenters. The maximum Gasteiger partial charge on any atom is 0.228 e. The molecule has 0 spiro atoms. The third-order valence-electron chi connectivity index (χ3n) is 9.43. The van der Waals surface area contributed by atoms with Gasteiger partial charge in [0.2, 0.25) is 11.8 Å². The van der Waals surface area contributed by atoms with Gasteiger partial charge in [0.15, 0.2) is 0 Å². The molecule has 10 nitrogen and oxygen atoms in total. The molecule has 262 valence electrons. The molecule has 4 aromatic rings. The number of nitrogens with one attached hydrogen (secondary N) is 2. The van der Waals surface area contributed by atoms with Crippen LogP contribution in [0.3, 0.4) is 0 Å². The molecule has 2 aliphatic rings. The lowest BCUT2D eigenvalue weighted by molar-refractivity contribution is -0.122. The second-order valence-electron chi connectivity index (χ2n) is 12.9. The number of hydrogen-bond acceptors (Lipinski definition) is 8. The average Bonchev–Trinajstić information content (AvgIpc) is 3.16. The van der Waals surface area contributed by atoms with Gasteiger partial charge in [0.05, 0.1) is 6.10 Å². The van der Waals surface area contributed by atoms with E-state index in [4.69, 9.17) is 0 Å². The molecule has 0 radical (unpaired) electrons. The van der Waals surface area contributed by atoms with E-state index in [1.807, 2.05) is 55.5 Å². The Morgan fingerprint density at radius 3 is 1.80 bits per heavy atom. The zero-order valence-corrected chi connectivity index (χ0v) is 28.6. The van der Waals surface area contributed by atoms with Gasteiger partial charge in [-0.3, -0.25) is 19.4 Å². The van der Waals surface area contributed by atoms with E-state index in [2.05, 4.69) is 54.7 Å². The molecule has 10 heteroatoms. The number of nitrogens with zero attached hydrogens (tertiary/aromatic N) is 4. The zero-order chi connectivity index (χ0) is 35.1. The van der Waals surface area contributed by atoms with Crippen LogP contribution in [0.1, 0.15) is 49.8 Å². The third kappa shape index (κ3) is 11.1. The van der Waals surface area contributed by atoms with E-state index in [-0.39, 0.29) is 35.4 Å². The minimum atomic E-state index is -0.630. The Morgan fingerprint density at radius 1 is 0.760 bits per heavy atom. The summed E-state index contributed by atoms with van der Waals surface area (Å²) in [6, 6.07) is 27.9. The number of aromatic nitrogens is 2. The normalized spacial score (nSPS) is 17.3. The third-order valence-corrected chi connectivity index (χ3v) is 9.43. The predicted molar refractivity (Wildman–Crippen MR) is 197 cm³/mol. The maximum atomic E-state index is 12.4. The van der Waals surface area contributed by atoms with Crippen molar-refractivity contribution in [3.05, 3.63) is 121 Å². The monoisotopic (exact) mass is 676 g/mol. The first-order valence-electron chi connectivity index (χ1n) is 17.4. The number of aliphatic hydroxyl groups is 1. The molecule has 2 atom stereocenters. The van der Waals surface area contributed by atoms with Crippen molar-refractivity contribution in [2.75, 3.05) is 43.4 Å². The lowest BCUT2D eigenvalue weighted by Crippen LogP contribution is -2.44. The maximum absolute atomic E-state index is 12.4. The molecule has 0 bridgehead atoms. The number of pyridine rings is 2. The molecule has 2 saturated heterocycles. The van der Waals surface area contributed by atoms with Gasteiger partial charge >= 0.3 is 0 Å². The highest BCUT2D eigenvalue weighted by Crippen LogP contribution is 2.27. The van der Waals surface area contributed by atoms with Crippen molar-refractivity contribution in [1.29, 1.82) is 0 Å². The molecule has 0 saturated carbocycles. The van der Waals surface area contributed by atoms with Crippen LogP contribution in [0.4, 0.5) is 11.6 Å². The van der Waals surface area contributed by atoms with Gasteiger partial charge in [0.1, 0.15) is 17.4 Å². The molecule has 0 aliphatic carbocycles. The first-order chi connectivity index (χ1) is 24.4. The molecule has 2 fully saturated rings. The summed E-state index contributed by atoms with van der Waals surface area (Å²) in [5.41, 5.74) is 2.01. The number of phenolic OH excluding ortho intramolecular Hbond substituents is 1. The van der Waals surface area contributed by atoms with Crippen molar-refractivity contribution < 1.29 is 19.8 Å². The fourth-order valence-electron chi connectivity index (χ4n) is 6.33. The van der Waals surface area contributed by atoms with Gasteiger partial charge in [0, 0.05) is 36.8 Å². The quantitative estimate of drug-likeness (QED) is 0.161. The summed E-state index contributed by atoms with van der Waals surface area (Å²) in [6.45, 7) is 6.36. The van der Waals surface area contributed by atoms with Crippen LogP contribution in [0.15, 0.2) is 109 Å². The number of aromatic hydroxyl groups is 1. The largest absolute Gasteiger partial charge is 0.508 e. The van der Waals surface area contributed by atoms with Crippen LogP contribution in [-0.2, 0) is 9.59 Å². The number of piperidine rings is 2. The van der Waals surface area contributed by atoms with Crippen molar-refractivity contribution >= 4 is 29.5 Å². The van der Waals surface area contributed by atoms with E-state index in [0.717, 1.165) is 64.0 Å². The molecule has 2 aromatic heterocycles. The van der Waals surface area contributed by atoms with E-state index < -0.39 is 6.10 Å². The topological polar surface area (TPSA) is 131 Å². The molecule has 2 amide bonds. The van der Waals surface area contributed by atoms with Crippen LogP contribution in [-0.4, -0.2) is 80.6 Å². The lowest BCUT2D eigenvalue weighted by Gasteiger charge is -2.37. The van der Waals surface area contributed by atoms with Gasteiger partial charge in [-0.1, -0.05) is 66.7 Å². The highest BCUT2D eigenvalue weighted by molar-refractivity contribution is 5.92.